The molecule has 0 saturated carbocycles. The van der Waals surface area contributed by atoms with Gasteiger partial charge in [0, 0.05) is 38.1 Å². The number of carbonyl (C=O) groups is 1. The van der Waals surface area contributed by atoms with Crippen LogP contribution in [0.2, 0.25) is 0 Å². The van der Waals surface area contributed by atoms with E-state index in [4.69, 9.17) is 5.11 Å². The number of aromatic nitrogens is 1. The van der Waals surface area contributed by atoms with Gasteiger partial charge in [0.25, 0.3) is 0 Å². The number of rotatable bonds is 5. The van der Waals surface area contributed by atoms with Crippen molar-refractivity contribution < 1.29 is 18.3 Å². The Labute approximate surface area is 156 Å². The smallest absolute Gasteiger partial charge is 0.335 e. The predicted octanol–water partition coefficient (Wildman–Crippen LogP) is 1.96. The molecule has 0 spiro atoms. The molecule has 1 aliphatic heterocycles. The summed E-state index contributed by atoms with van der Waals surface area (Å²) in [5.41, 5.74) is 1.54. The first-order valence-corrected chi connectivity index (χ1v) is 10.6. The molecule has 1 aromatic carbocycles. The number of hydrogen-bond donors (Lipinski definition) is 1. The van der Waals surface area contributed by atoms with Crippen LogP contribution in [0, 0.1) is 13.8 Å². The fourth-order valence-electron chi connectivity index (χ4n) is 2.99. The molecule has 0 amide bonds. The summed E-state index contributed by atoms with van der Waals surface area (Å²) in [7, 11) is -3.71. The van der Waals surface area contributed by atoms with E-state index in [1.165, 1.54) is 22.5 Å². The Bertz CT molecular complexity index is 916. The van der Waals surface area contributed by atoms with Crippen molar-refractivity contribution in [2.24, 2.45) is 0 Å². The third kappa shape index (κ3) is 3.96. The molecule has 2 heterocycles. The number of sulfonamides is 1. The third-order valence-corrected chi connectivity index (χ3v) is 7.30. The zero-order valence-corrected chi connectivity index (χ0v) is 16.3. The van der Waals surface area contributed by atoms with Crippen molar-refractivity contribution in [3.63, 3.8) is 0 Å². The van der Waals surface area contributed by atoms with Crippen molar-refractivity contribution in [2.45, 2.75) is 25.3 Å². The molecule has 2 aromatic rings. The van der Waals surface area contributed by atoms with Crippen molar-refractivity contribution >= 4 is 27.3 Å². The van der Waals surface area contributed by atoms with Crippen LogP contribution in [0.3, 0.4) is 0 Å². The second-order valence-electron chi connectivity index (χ2n) is 6.32. The number of carboxylic acids is 1. The van der Waals surface area contributed by atoms with Gasteiger partial charge in [-0.15, -0.1) is 11.3 Å². The lowest BCUT2D eigenvalue weighted by Crippen LogP contribution is -2.48. The summed E-state index contributed by atoms with van der Waals surface area (Å²) < 4.78 is 27.3. The molecular formula is C17H21N3O4S2. The van der Waals surface area contributed by atoms with Crippen LogP contribution >= 0.6 is 11.3 Å². The highest BCUT2D eigenvalue weighted by Crippen LogP contribution is 2.23. The number of carboxylic acid groups (broad SMARTS) is 1. The molecule has 140 valence electrons. The number of thiazole rings is 1. The molecule has 3 rings (SSSR count). The number of aromatic carboxylic acids is 1. The monoisotopic (exact) mass is 395 g/mol. The first kappa shape index (κ1) is 19.0. The molecule has 1 aromatic heterocycles. The van der Waals surface area contributed by atoms with Crippen LogP contribution in [0.4, 0.5) is 0 Å². The lowest BCUT2D eigenvalue weighted by Gasteiger charge is -2.33. The highest BCUT2D eigenvalue weighted by molar-refractivity contribution is 7.89. The third-order valence-electron chi connectivity index (χ3n) is 4.44. The van der Waals surface area contributed by atoms with E-state index in [1.54, 1.807) is 18.3 Å². The van der Waals surface area contributed by atoms with Crippen molar-refractivity contribution in [3.8, 4) is 0 Å². The Balaban J connectivity index is 1.72. The molecule has 0 radical (unpaired) electrons. The van der Waals surface area contributed by atoms with E-state index in [0.717, 1.165) is 10.7 Å². The number of nitrogens with zero attached hydrogens (tertiary/aromatic N) is 3. The highest BCUT2D eigenvalue weighted by atomic mass is 32.2. The van der Waals surface area contributed by atoms with Gasteiger partial charge in [-0.05, 0) is 31.5 Å². The first-order chi connectivity index (χ1) is 12.3. The fourth-order valence-corrected chi connectivity index (χ4v) is 5.26. The topological polar surface area (TPSA) is 90.8 Å². The SMILES string of the molecule is Cc1nc(CN2CCN(S(=O)(=O)c3cc(C(=O)O)ccc3C)CC2)cs1. The van der Waals surface area contributed by atoms with Gasteiger partial charge in [-0.1, -0.05) is 6.07 Å². The van der Waals surface area contributed by atoms with E-state index in [0.29, 0.717) is 38.3 Å². The van der Waals surface area contributed by atoms with Crippen LogP contribution < -0.4 is 0 Å². The predicted molar refractivity (Wildman–Crippen MR) is 99.0 cm³/mol. The van der Waals surface area contributed by atoms with Crippen LogP contribution in [-0.2, 0) is 16.6 Å². The summed E-state index contributed by atoms with van der Waals surface area (Å²) in [6.45, 7) is 6.35. The molecule has 7 nitrogen and oxygen atoms in total. The zero-order valence-electron chi connectivity index (χ0n) is 14.7. The molecule has 1 fully saturated rings. The Hall–Kier alpha value is -1.81. The van der Waals surface area contributed by atoms with Crippen LogP contribution in [0.1, 0.15) is 26.6 Å². The van der Waals surface area contributed by atoms with Gasteiger partial charge in [0.2, 0.25) is 10.0 Å². The second kappa shape index (κ2) is 7.43. The second-order valence-corrected chi connectivity index (χ2v) is 9.29. The van der Waals surface area contributed by atoms with Crippen molar-refractivity contribution in [1.29, 1.82) is 0 Å². The largest absolute Gasteiger partial charge is 0.478 e. The lowest BCUT2D eigenvalue weighted by atomic mass is 10.1. The average Bonchev–Trinajstić information content (AvgIpc) is 3.00. The number of hydrogen-bond acceptors (Lipinski definition) is 6. The van der Waals surface area contributed by atoms with Gasteiger partial charge >= 0.3 is 5.97 Å². The summed E-state index contributed by atoms with van der Waals surface area (Å²) in [5.74, 6) is -1.13. The van der Waals surface area contributed by atoms with Crippen LogP contribution in [0.5, 0.6) is 0 Å². The Kier molecular flexibility index (Phi) is 5.42. The number of aryl methyl sites for hydroxylation is 2. The molecular weight excluding hydrogens is 374 g/mol. The Morgan fingerprint density at radius 1 is 1.23 bits per heavy atom. The molecule has 1 saturated heterocycles. The average molecular weight is 396 g/mol. The number of piperazine rings is 1. The first-order valence-electron chi connectivity index (χ1n) is 8.25. The van der Waals surface area contributed by atoms with E-state index < -0.39 is 16.0 Å². The highest BCUT2D eigenvalue weighted by Gasteiger charge is 2.30. The van der Waals surface area contributed by atoms with Gasteiger partial charge in [0.15, 0.2) is 0 Å². The van der Waals surface area contributed by atoms with Crippen LogP contribution in [0.15, 0.2) is 28.5 Å². The maximum absolute atomic E-state index is 13.0. The van der Waals surface area contributed by atoms with Gasteiger partial charge in [0.05, 0.1) is 21.2 Å². The molecule has 0 atom stereocenters. The summed E-state index contributed by atoms with van der Waals surface area (Å²) in [6.07, 6.45) is 0. The number of benzene rings is 1. The van der Waals surface area contributed by atoms with E-state index in [-0.39, 0.29) is 10.5 Å². The maximum Gasteiger partial charge on any atom is 0.335 e. The molecule has 1 aliphatic rings. The van der Waals surface area contributed by atoms with E-state index in [2.05, 4.69) is 9.88 Å². The van der Waals surface area contributed by atoms with Gasteiger partial charge in [-0.25, -0.2) is 18.2 Å². The van der Waals surface area contributed by atoms with Gasteiger partial charge < -0.3 is 5.11 Å². The minimum atomic E-state index is -3.71. The molecule has 9 heteroatoms. The molecule has 0 aliphatic carbocycles. The van der Waals surface area contributed by atoms with Crippen LogP contribution in [0.25, 0.3) is 0 Å². The van der Waals surface area contributed by atoms with Gasteiger partial charge in [-0.3, -0.25) is 4.90 Å². The summed E-state index contributed by atoms with van der Waals surface area (Å²) in [5, 5.41) is 12.2. The zero-order chi connectivity index (χ0) is 18.9. The maximum atomic E-state index is 13.0. The Morgan fingerprint density at radius 2 is 1.92 bits per heavy atom. The molecule has 26 heavy (non-hydrogen) atoms. The van der Waals surface area contributed by atoms with Crippen molar-refractivity contribution in [1.82, 2.24) is 14.2 Å². The summed E-state index contributed by atoms with van der Waals surface area (Å²) >= 11 is 1.61. The van der Waals surface area contributed by atoms with E-state index >= 15 is 0 Å². The van der Waals surface area contributed by atoms with Crippen molar-refractivity contribution in [3.05, 3.63) is 45.4 Å². The minimum absolute atomic E-state index is 0.0216. The standard InChI is InChI=1S/C17H21N3O4S2/c1-12-3-4-14(17(21)22)9-16(12)26(23,24)20-7-5-19(6-8-20)10-15-11-25-13(2)18-15/h3-4,9,11H,5-8,10H2,1-2H3,(H,21,22). The lowest BCUT2D eigenvalue weighted by molar-refractivity contribution is 0.0696. The van der Waals surface area contributed by atoms with Gasteiger partial charge in [0.1, 0.15) is 0 Å². The summed E-state index contributed by atoms with van der Waals surface area (Å²) in [4.78, 5) is 17.9. The Morgan fingerprint density at radius 3 is 2.50 bits per heavy atom. The fraction of sp³-hybridized carbons (Fsp3) is 0.412. The molecule has 0 unspecified atom stereocenters. The summed E-state index contributed by atoms with van der Waals surface area (Å²) in [6, 6.07) is 4.21. The molecule has 0 bridgehead atoms. The van der Waals surface area contributed by atoms with E-state index in [1.807, 2.05) is 12.3 Å². The van der Waals surface area contributed by atoms with E-state index in [9.17, 15) is 13.2 Å². The normalized spacial score (nSPS) is 16.7. The van der Waals surface area contributed by atoms with Gasteiger partial charge in [-0.2, -0.15) is 4.31 Å². The van der Waals surface area contributed by atoms with Crippen molar-refractivity contribution in [2.75, 3.05) is 26.2 Å². The molecule has 1 N–H and O–H groups in total. The minimum Gasteiger partial charge on any atom is -0.478 e. The van der Waals surface area contributed by atoms with Crippen LogP contribution in [-0.4, -0.2) is 59.9 Å². The quantitative estimate of drug-likeness (QED) is 0.832.